The number of amides is 2. The van der Waals surface area contributed by atoms with Crippen molar-refractivity contribution in [2.75, 3.05) is 12.4 Å². The highest BCUT2D eigenvalue weighted by atomic mass is 16.7. The fourth-order valence-electron chi connectivity index (χ4n) is 1.08. The Morgan fingerprint density at radius 1 is 1.28 bits per heavy atom. The maximum absolute atomic E-state index is 11.4. The lowest BCUT2D eigenvalue weighted by Crippen LogP contribution is -2.31. The third kappa shape index (κ3) is 4.12. The Kier molecular flexibility index (Phi) is 4.67. The van der Waals surface area contributed by atoms with Crippen LogP contribution in [-0.2, 0) is 14.4 Å². The molecule has 1 rings (SSSR count). The summed E-state index contributed by atoms with van der Waals surface area (Å²) < 4.78 is 4.90. The fourth-order valence-corrected chi connectivity index (χ4v) is 1.08. The molecule has 0 aromatic heterocycles. The second-order valence-corrected chi connectivity index (χ2v) is 3.23. The van der Waals surface area contributed by atoms with Gasteiger partial charge in [-0.1, -0.05) is 0 Å². The normalized spacial score (nSPS) is 9.22. The number of rotatable bonds is 3. The zero-order valence-corrected chi connectivity index (χ0v) is 9.88. The standard InChI is InChI=1S/C11H12N2O5/c1-8(15)18-13(2)11(16)17-10-5-3-9(4-6-10)12-7-14/h3-7H,1-2H3,(H,12,14). The van der Waals surface area contributed by atoms with Crippen LogP contribution in [0.15, 0.2) is 24.3 Å². The third-order valence-electron chi connectivity index (χ3n) is 1.81. The molecule has 1 aromatic carbocycles. The lowest BCUT2D eigenvalue weighted by Gasteiger charge is -2.14. The van der Waals surface area contributed by atoms with Gasteiger partial charge in [0.2, 0.25) is 6.41 Å². The summed E-state index contributed by atoms with van der Waals surface area (Å²) in [6.45, 7) is 1.17. The molecule has 2 amide bonds. The van der Waals surface area contributed by atoms with Gasteiger partial charge >= 0.3 is 12.1 Å². The van der Waals surface area contributed by atoms with E-state index in [-0.39, 0.29) is 5.75 Å². The molecule has 7 nitrogen and oxygen atoms in total. The second-order valence-electron chi connectivity index (χ2n) is 3.23. The van der Waals surface area contributed by atoms with Crippen molar-refractivity contribution in [1.29, 1.82) is 0 Å². The Morgan fingerprint density at radius 2 is 1.89 bits per heavy atom. The van der Waals surface area contributed by atoms with E-state index in [0.29, 0.717) is 17.2 Å². The number of hydrogen-bond acceptors (Lipinski definition) is 5. The molecule has 0 bridgehead atoms. The lowest BCUT2D eigenvalue weighted by molar-refractivity contribution is -0.171. The average Bonchev–Trinajstić information content (AvgIpc) is 2.31. The summed E-state index contributed by atoms with van der Waals surface area (Å²) in [5.74, 6) is -0.365. The molecule has 0 saturated carbocycles. The number of hydrogen-bond donors (Lipinski definition) is 1. The van der Waals surface area contributed by atoms with Crippen molar-refractivity contribution in [1.82, 2.24) is 5.06 Å². The van der Waals surface area contributed by atoms with Gasteiger partial charge in [0.25, 0.3) is 0 Å². The highest BCUT2D eigenvalue weighted by Crippen LogP contribution is 2.15. The van der Waals surface area contributed by atoms with Gasteiger partial charge in [-0.2, -0.15) is 0 Å². The summed E-state index contributed by atoms with van der Waals surface area (Å²) in [5.41, 5.74) is 0.568. The van der Waals surface area contributed by atoms with Crippen LogP contribution in [0.4, 0.5) is 10.5 Å². The molecule has 1 N–H and O–H groups in total. The summed E-state index contributed by atoms with van der Waals surface area (Å²) in [4.78, 5) is 36.7. The van der Waals surface area contributed by atoms with Crippen molar-refractivity contribution >= 4 is 24.2 Å². The summed E-state index contributed by atoms with van der Waals surface area (Å²) in [5, 5.41) is 3.12. The highest BCUT2D eigenvalue weighted by Gasteiger charge is 2.14. The topological polar surface area (TPSA) is 84.9 Å². The molecule has 0 spiro atoms. The molecule has 0 aliphatic rings. The molecule has 0 saturated heterocycles. The van der Waals surface area contributed by atoms with Gasteiger partial charge in [0, 0.05) is 12.6 Å². The van der Waals surface area contributed by atoms with Crippen LogP contribution in [0.3, 0.4) is 0 Å². The van der Waals surface area contributed by atoms with Crippen molar-refractivity contribution < 1.29 is 24.0 Å². The Morgan fingerprint density at radius 3 is 2.39 bits per heavy atom. The van der Waals surface area contributed by atoms with E-state index < -0.39 is 12.1 Å². The Labute approximate surface area is 103 Å². The number of nitrogens with zero attached hydrogens (tertiary/aromatic N) is 1. The summed E-state index contributed by atoms with van der Waals surface area (Å²) in [6.07, 6.45) is -0.295. The first-order valence-electron chi connectivity index (χ1n) is 4.97. The first-order valence-corrected chi connectivity index (χ1v) is 4.97. The van der Waals surface area contributed by atoms with E-state index in [1.165, 1.54) is 26.1 Å². The minimum absolute atomic E-state index is 0.260. The number of carbonyl (C=O) groups excluding carboxylic acids is 3. The van der Waals surface area contributed by atoms with E-state index in [9.17, 15) is 14.4 Å². The van der Waals surface area contributed by atoms with Crippen molar-refractivity contribution in [3.8, 4) is 5.75 Å². The fraction of sp³-hybridized carbons (Fsp3) is 0.182. The zero-order valence-electron chi connectivity index (χ0n) is 9.88. The van der Waals surface area contributed by atoms with E-state index in [4.69, 9.17) is 4.74 Å². The van der Waals surface area contributed by atoms with Crippen LogP contribution in [0, 0.1) is 0 Å². The number of benzene rings is 1. The van der Waals surface area contributed by atoms with Crippen LogP contribution < -0.4 is 10.1 Å². The predicted molar refractivity (Wildman–Crippen MR) is 61.7 cm³/mol. The summed E-state index contributed by atoms with van der Waals surface area (Å²) in [7, 11) is 1.26. The molecule has 0 unspecified atom stereocenters. The minimum atomic E-state index is -0.832. The van der Waals surface area contributed by atoms with Gasteiger partial charge in [-0.25, -0.2) is 4.79 Å². The Hall–Kier alpha value is -2.57. The largest absolute Gasteiger partial charge is 0.448 e. The first kappa shape index (κ1) is 13.5. The van der Waals surface area contributed by atoms with Gasteiger partial charge in [0.05, 0.1) is 7.05 Å². The first-order chi connectivity index (χ1) is 8.52. The highest BCUT2D eigenvalue weighted by molar-refractivity contribution is 5.74. The number of hydroxylamine groups is 2. The predicted octanol–water partition coefficient (Wildman–Crippen LogP) is 1.16. The molecule has 18 heavy (non-hydrogen) atoms. The summed E-state index contributed by atoms with van der Waals surface area (Å²) >= 11 is 0. The van der Waals surface area contributed by atoms with Crippen LogP contribution in [0.1, 0.15) is 6.92 Å². The molecule has 96 valence electrons. The number of nitrogens with one attached hydrogen (secondary N) is 1. The van der Waals surface area contributed by atoms with E-state index in [1.54, 1.807) is 12.1 Å². The van der Waals surface area contributed by atoms with Crippen LogP contribution in [-0.4, -0.2) is 30.6 Å². The van der Waals surface area contributed by atoms with Gasteiger partial charge in [-0.15, -0.1) is 5.06 Å². The molecule has 0 heterocycles. The van der Waals surface area contributed by atoms with Gasteiger partial charge in [-0.3, -0.25) is 9.59 Å². The second kappa shape index (κ2) is 6.24. The van der Waals surface area contributed by atoms with Crippen molar-refractivity contribution in [2.45, 2.75) is 6.92 Å². The zero-order chi connectivity index (χ0) is 13.5. The van der Waals surface area contributed by atoms with Crippen molar-refractivity contribution in [2.24, 2.45) is 0 Å². The number of ether oxygens (including phenoxy) is 1. The van der Waals surface area contributed by atoms with E-state index in [0.717, 1.165) is 0 Å². The average molecular weight is 252 g/mol. The molecular weight excluding hydrogens is 240 g/mol. The van der Waals surface area contributed by atoms with Gasteiger partial charge in [0.1, 0.15) is 5.75 Å². The number of anilines is 1. The third-order valence-corrected chi connectivity index (χ3v) is 1.81. The Bertz CT molecular complexity index is 443. The van der Waals surface area contributed by atoms with E-state index in [1.807, 2.05) is 0 Å². The lowest BCUT2D eigenvalue weighted by atomic mass is 10.3. The van der Waals surface area contributed by atoms with Crippen LogP contribution in [0.5, 0.6) is 5.75 Å². The minimum Gasteiger partial charge on any atom is -0.408 e. The van der Waals surface area contributed by atoms with E-state index in [2.05, 4.69) is 10.2 Å². The molecular formula is C11H12N2O5. The van der Waals surface area contributed by atoms with Crippen molar-refractivity contribution in [3.05, 3.63) is 24.3 Å². The maximum Gasteiger partial charge on any atom is 0.448 e. The van der Waals surface area contributed by atoms with Gasteiger partial charge in [-0.05, 0) is 24.3 Å². The summed E-state index contributed by atoms with van der Waals surface area (Å²) in [6, 6.07) is 6.10. The maximum atomic E-state index is 11.4. The molecule has 1 aromatic rings. The van der Waals surface area contributed by atoms with Crippen LogP contribution in [0.25, 0.3) is 0 Å². The quantitative estimate of drug-likeness (QED) is 0.644. The molecule has 0 aliphatic heterocycles. The monoisotopic (exact) mass is 252 g/mol. The SMILES string of the molecule is CC(=O)ON(C)C(=O)Oc1ccc(NC=O)cc1. The smallest absolute Gasteiger partial charge is 0.408 e. The van der Waals surface area contributed by atoms with Crippen molar-refractivity contribution in [3.63, 3.8) is 0 Å². The molecule has 0 atom stereocenters. The van der Waals surface area contributed by atoms with Crippen LogP contribution in [0.2, 0.25) is 0 Å². The van der Waals surface area contributed by atoms with Gasteiger partial charge in [0.15, 0.2) is 0 Å². The number of carbonyl (C=O) groups is 3. The van der Waals surface area contributed by atoms with E-state index >= 15 is 0 Å². The molecule has 7 heteroatoms. The van der Waals surface area contributed by atoms with Crippen LogP contribution >= 0.6 is 0 Å². The molecule has 0 aliphatic carbocycles. The van der Waals surface area contributed by atoms with Gasteiger partial charge < -0.3 is 14.9 Å². The molecule has 0 radical (unpaired) electrons. The Balaban J connectivity index is 2.58. The molecule has 0 fully saturated rings.